The molecule has 0 aliphatic carbocycles. The van der Waals surface area contributed by atoms with Crippen molar-refractivity contribution in [3.8, 4) is 5.75 Å². The van der Waals surface area contributed by atoms with Gasteiger partial charge < -0.3 is 9.64 Å². The van der Waals surface area contributed by atoms with Crippen molar-refractivity contribution in [3.05, 3.63) is 21.1 Å². The van der Waals surface area contributed by atoms with Crippen LogP contribution in [0.1, 0.15) is 12.8 Å². The minimum Gasteiger partial charge on any atom is -0.433 e. The second-order valence-corrected chi connectivity index (χ2v) is 5.58. The number of hydrogen-bond donors (Lipinski definition) is 0. The summed E-state index contributed by atoms with van der Waals surface area (Å²) in [7, 11) is 0. The van der Waals surface area contributed by atoms with Crippen LogP contribution in [0.15, 0.2) is 21.1 Å². The van der Waals surface area contributed by atoms with Gasteiger partial charge in [-0.2, -0.15) is 8.78 Å². The number of rotatable bonds is 3. The second-order valence-electron chi connectivity index (χ2n) is 3.81. The highest BCUT2D eigenvalue weighted by atomic mass is 79.9. The Morgan fingerprint density at radius 1 is 1.18 bits per heavy atom. The molecular formula is C11H11Br2F2NO. The molecule has 0 bridgehead atoms. The lowest BCUT2D eigenvalue weighted by molar-refractivity contribution is -0.0495. The van der Waals surface area contributed by atoms with Gasteiger partial charge in [0.25, 0.3) is 0 Å². The molecule has 2 rings (SSSR count). The molecular weight excluding hydrogens is 360 g/mol. The minimum absolute atomic E-state index is 0.211. The third-order valence-corrected chi connectivity index (χ3v) is 3.69. The van der Waals surface area contributed by atoms with Crippen molar-refractivity contribution < 1.29 is 13.5 Å². The molecule has 2 nitrogen and oxygen atoms in total. The Kier molecular flexibility index (Phi) is 4.25. The summed E-state index contributed by atoms with van der Waals surface area (Å²) in [5, 5.41) is 0. The van der Waals surface area contributed by atoms with E-state index in [1.807, 2.05) is 6.07 Å². The maximum atomic E-state index is 12.4. The molecule has 0 radical (unpaired) electrons. The fourth-order valence-electron chi connectivity index (χ4n) is 1.98. The van der Waals surface area contributed by atoms with Crippen LogP contribution in [0.2, 0.25) is 0 Å². The zero-order valence-electron chi connectivity index (χ0n) is 8.93. The molecule has 1 saturated heterocycles. The summed E-state index contributed by atoms with van der Waals surface area (Å²) >= 11 is 6.67. The van der Waals surface area contributed by atoms with Gasteiger partial charge >= 0.3 is 6.61 Å². The molecule has 1 aromatic rings. The predicted molar refractivity (Wildman–Crippen MR) is 69.9 cm³/mol. The van der Waals surface area contributed by atoms with E-state index in [0.717, 1.165) is 30.4 Å². The van der Waals surface area contributed by atoms with Gasteiger partial charge in [-0.15, -0.1) is 0 Å². The van der Waals surface area contributed by atoms with Crippen molar-refractivity contribution in [3.63, 3.8) is 0 Å². The van der Waals surface area contributed by atoms with Gasteiger partial charge in [-0.1, -0.05) is 15.9 Å². The third kappa shape index (κ3) is 3.10. The van der Waals surface area contributed by atoms with Crippen molar-refractivity contribution in [2.45, 2.75) is 19.5 Å². The average molecular weight is 371 g/mol. The lowest BCUT2D eigenvalue weighted by Gasteiger charge is -2.23. The first-order valence-corrected chi connectivity index (χ1v) is 6.85. The van der Waals surface area contributed by atoms with E-state index < -0.39 is 6.61 Å². The van der Waals surface area contributed by atoms with Crippen LogP contribution >= 0.6 is 31.9 Å². The number of ether oxygens (including phenoxy) is 1. The molecule has 94 valence electrons. The van der Waals surface area contributed by atoms with Gasteiger partial charge in [0.15, 0.2) is 5.75 Å². The third-order valence-electron chi connectivity index (χ3n) is 2.63. The number of nitrogens with zero attached hydrogens (tertiary/aromatic N) is 1. The number of halogens is 4. The van der Waals surface area contributed by atoms with E-state index in [1.165, 1.54) is 0 Å². The first kappa shape index (κ1) is 13.1. The van der Waals surface area contributed by atoms with Gasteiger partial charge in [0.1, 0.15) is 0 Å². The van der Waals surface area contributed by atoms with Crippen molar-refractivity contribution in [2.24, 2.45) is 0 Å². The molecule has 1 aliphatic rings. The quantitative estimate of drug-likeness (QED) is 0.781. The monoisotopic (exact) mass is 369 g/mol. The van der Waals surface area contributed by atoms with E-state index in [-0.39, 0.29) is 5.75 Å². The van der Waals surface area contributed by atoms with Crippen LogP contribution in [0.5, 0.6) is 5.75 Å². The Bertz CT molecular complexity index is 409. The van der Waals surface area contributed by atoms with Crippen LogP contribution in [-0.4, -0.2) is 19.7 Å². The molecule has 0 aromatic heterocycles. The van der Waals surface area contributed by atoms with Crippen LogP contribution in [0, 0.1) is 0 Å². The zero-order chi connectivity index (χ0) is 12.4. The molecule has 1 fully saturated rings. The topological polar surface area (TPSA) is 12.5 Å². The Morgan fingerprint density at radius 3 is 2.41 bits per heavy atom. The summed E-state index contributed by atoms with van der Waals surface area (Å²) in [5.74, 6) is 0.211. The van der Waals surface area contributed by atoms with Crippen molar-refractivity contribution in [1.29, 1.82) is 0 Å². The molecule has 0 amide bonds. The zero-order valence-corrected chi connectivity index (χ0v) is 12.1. The van der Waals surface area contributed by atoms with Gasteiger partial charge in [0, 0.05) is 22.0 Å². The maximum absolute atomic E-state index is 12.4. The van der Waals surface area contributed by atoms with E-state index in [2.05, 4.69) is 41.5 Å². The summed E-state index contributed by atoms with van der Waals surface area (Å²) in [6.07, 6.45) is 2.16. The highest BCUT2D eigenvalue weighted by molar-refractivity contribution is 9.11. The molecule has 0 unspecified atom stereocenters. The first-order valence-electron chi connectivity index (χ1n) is 5.26. The van der Waals surface area contributed by atoms with Crippen LogP contribution in [0.25, 0.3) is 0 Å². The maximum Gasteiger partial charge on any atom is 0.387 e. The fraction of sp³-hybridized carbons (Fsp3) is 0.455. The lowest BCUT2D eigenvalue weighted by atomic mass is 10.2. The first-order chi connectivity index (χ1) is 8.08. The van der Waals surface area contributed by atoms with Gasteiger partial charge in [0.05, 0.1) is 5.69 Å². The van der Waals surface area contributed by atoms with E-state index >= 15 is 0 Å². The van der Waals surface area contributed by atoms with Crippen LogP contribution < -0.4 is 9.64 Å². The van der Waals surface area contributed by atoms with Crippen LogP contribution in [0.3, 0.4) is 0 Å². The summed E-state index contributed by atoms with van der Waals surface area (Å²) in [4.78, 5) is 2.06. The number of anilines is 1. The standard InChI is InChI=1S/C11H11Br2F2NO/c12-7-5-8(13)10(16-3-1-2-4-16)9(6-7)17-11(14)15/h5-6,11H,1-4H2. The lowest BCUT2D eigenvalue weighted by Crippen LogP contribution is -2.20. The molecule has 0 saturated carbocycles. The molecule has 6 heteroatoms. The Labute approximate surface area is 115 Å². The molecule has 0 N–H and O–H groups in total. The van der Waals surface area contributed by atoms with E-state index in [4.69, 9.17) is 0 Å². The molecule has 17 heavy (non-hydrogen) atoms. The Morgan fingerprint density at radius 2 is 1.82 bits per heavy atom. The number of hydrogen-bond acceptors (Lipinski definition) is 2. The van der Waals surface area contributed by atoms with Crippen molar-refractivity contribution >= 4 is 37.5 Å². The molecule has 0 spiro atoms. The molecule has 1 aliphatic heterocycles. The minimum atomic E-state index is -2.81. The fourth-order valence-corrected chi connectivity index (χ4v) is 3.41. The summed E-state index contributed by atoms with van der Waals surface area (Å²) in [6.45, 7) is -1.06. The van der Waals surface area contributed by atoms with Crippen LogP contribution in [0.4, 0.5) is 14.5 Å². The van der Waals surface area contributed by atoms with Crippen molar-refractivity contribution in [1.82, 2.24) is 0 Å². The van der Waals surface area contributed by atoms with Gasteiger partial charge in [-0.05, 0) is 40.9 Å². The normalized spacial score (nSPS) is 15.7. The van der Waals surface area contributed by atoms with Gasteiger partial charge in [-0.3, -0.25) is 0 Å². The predicted octanol–water partition coefficient (Wildman–Crippen LogP) is 4.41. The Balaban J connectivity index is 2.39. The smallest absolute Gasteiger partial charge is 0.387 e. The average Bonchev–Trinajstić information content (AvgIpc) is 2.68. The highest BCUT2D eigenvalue weighted by Crippen LogP contribution is 2.41. The number of alkyl halides is 2. The van der Waals surface area contributed by atoms with E-state index in [0.29, 0.717) is 10.2 Å². The molecule has 0 atom stereocenters. The second kappa shape index (κ2) is 5.52. The van der Waals surface area contributed by atoms with Crippen LogP contribution in [-0.2, 0) is 0 Å². The van der Waals surface area contributed by atoms with Gasteiger partial charge in [0.2, 0.25) is 0 Å². The van der Waals surface area contributed by atoms with E-state index in [1.54, 1.807) is 6.07 Å². The molecule has 1 heterocycles. The largest absolute Gasteiger partial charge is 0.433 e. The summed E-state index contributed by atoms with van der Waals surface area (Å²) in [6, 6.07) is 3.41. The van der Waals surface area contributed by atoms with Crippen molar-refractivity contribution in [2.75, 3.05) is 18.0 Å². The number of benzene rings is 1. The summed E-state index contributed by atoms with van der Waals surface area (Å²) in [5.41, 5.74) is 0.714. The Hall–Kier alpha value is -0.360. The highest BCUT2D eigenvalue weighted by Gasteiger charge is 2.21. The summed E-state index contributed by atoms with van der Waals surface area (Å²) < 4.78 is 30.8. The SMILES string of the molecule is FC(F)Oc1cc(Br)cc(Br)c1N1CCCC1. The van der Waals surface area contributed by atoms with Gasteiger partial charge in [-0.25, -0.2) is 0 Å². The van der Waals surface area contributed by atoms with E-state index in [9.17, 15) is 8.78 Å². The molecule has 1 aromatic carbocycles.